The van der Waals surface area contributed by atoms with Crippen LogP contribution in [0.1, 0.15) is 31.1 Å². The van der Waals surface area contributed by atoms with Gasteiger partial charge < -0.3 is 20.0 Å². The molecule has 0 radical (unpaired) electrons. The van der Waals surface area contributed by atoms with Gasteiger partial charge in [0.2, 0.25) is 5.91 Å². The number of nitrogens with zero attached hydrogens (tertiary/aromatic N) is 2. The lowest BCUT2D eigenvalue weighted by molar-refractivity contribution is -0.117. The van der Waals surface area contributed by atoms with E-state index in [9.17, 15) is 9.59 Å². The van der Waals surface area contributed by atoms with E-state index in [-0.39, 0.29) is 18.2 Å². The third kappa shape index (κ3) is 3.39. The van der Waals surface area contributed by atoms with E-state index < -0.39 is 6.04 Å². The van der Waals surface area contributed by atoms with Crippen molar-refractivity contribution in [2.24, 2.45) is 0 Å². The van der Waals surface area contributed by atoms with Crippen molar-refractivity contribution in [3.05, 3.63) is 71.3 Å². The Hall–Kier alpha value is -3.39. The fourth-order valence-corrected chi connectivity index (χ4v) is 4.66. The summed E-state index contributed by atoms with van der Waals surface area (Å²) in [6, 6.07) is 11.0. The number of hydrogen-bond donors (Lipinski definition) is 2. The number of ketones is 1. The summed E-state index contributed by atoms with van der Waals surface area (Å²) in [6.07, 6.45) is 5.33. The Bertz CT molecular complexity index is 1110. The van der Waals surface area contributed by atoms with Crippen LogP contribution in [0.25, 0.3) is 0 Å². The SMILES string of the molecule is O=C(CN1c2ccccc2NC2=C(C(=O)CCC2)C1c1ccco1)Nc1nccs1. The molecule has 2 N–H and O–H groups in total. The second-order valence-corrected chi connectivity index (χ2v) is 8.14. The van der Waals surface area contributed by atoms with Crippen LogP contribution >= 0.6 is 11.3 Å². The molecule has 1 aromatic carbocycles. The number of furan rings is 1. The third-order valence-corrected chi connectivity index (χ3v) is 6.03. The summed E-state index contributed by atoms with van der Waals surface area (Å²) in [5, 5.41) is 8.67. The fraction of sp³-hybridized carbons (Fsp3) is 0.227. The van der Waals surface area contributed by atoms with E-state index in [4.69, 9.17) is 4.42 Å². The molecule has 2 aliphatic rings. The van der Waals surface area contributed by atoms with Crippen molar-refractivity contribution >= 4 is 39.5 Å². The van der Waals surface area contributed by atoms with E-state index in [0.717, 1.165) is 29.9 Å². The van der Waals surface area contributed by atoms with Gasteiger partial charge in [0.1, 0.15) is 11.8 Å². The Kier molecular flexibility index (Phi) is 4.84. The van der Waals surface area contributed by atoms with Gasteiger partial charge in [-0.1, -0.05) is 12.1 Å². The van der Waals surface area contributed by atoms with Crippen molar-refractivity contribution in [1.29, 1.82) is 0 Å². The first-order valence-electron chi connectivity index (χ1n) is 9.82. The zero-order valence-electron chi connectivity index (χ0n) is 16.1. The monoisotopic (exact) mass is 420 g/mol. The van der Waals surface area contributed by atoms with Gasteiger partial charge in [0.25, 0.3) is 0 Å². The third-order valence-electron chi connectivity index (χ3n) is 5.35. The second-order valence-electron chi connectivity index (χ2n) is 7.24. The van der Waals surface area contributed by atoms with Crippen molar-refractivity contribution in [3.63, 3.8) is 0 Å². The maximum absolute atomic E-state index is 13.1. The number of fused-ring (bicyclic) bond motifs is 1. The zero-order valence-corrected chi connectivity index (χ0v) is 16.9. The van der Waals surface area contributed by atoms with E-state index >= 15 is 0 Å². The molecule has 30 heavy (non-hydrogen) atoms. The molecule has 0 spiro atoms. The standard InChI is InChI=1S/C22H20N4O3S/c27-17-8-3-6-15-20(17)21(18-9-4-11-29-18)26(16-7-2-1-5-14(16)24-15)13-19(28)25-22-23-10-12-30-22/h1-2,4-5,7,9-12,21,24H,3,6,8,13H2,(H,23,25,28). The molecule has 3 heterocycles. The van der Waals surface area contributed by atoms with Crippen LogP contribution in [0.2, 0.25) is 0 Å². The number of anilines is 3. The molecule has 1 aliphatic heterocycles. The number of thiazole rings is 1. The molecule has 0 bridgehead atoms. The summed E-state index contributed by atoms with van der Waals surface area (Å²) in [4.78, 5) is 32.0. The number of carbonyl (C=O) groups is 2. The van der Waals surface area contributed by atoms with Gasteiger partial charge in [0.15, 0.2) is 10.9 Å². The van der Waals surface area contributed by atoms with Crippen LogP contribution in [0, 0.1) is 0 Å². The number of allylic oxidation sites excluding steroid dienone is 1. The molecule has 2 aromatic heterocycles. The van der Waals surface area contributed by atoms with Crippen LogP contribution in [0.15, 0.2) is 69.9 Å². The Labute approximate surface area is 177 Å². The number of rotatable bonds is 4. The van der Waals surface area contributed by atoms with E-state index in [1.54, 1.807) is 18.5 Å². The van der Waals surface area contributed by atoms with E-state index in [2.05, 4.69) is 15.6 Å². The number of nitrogens with one attached hydrogen (secondary N) is 2. The molecule has 1 unspecified atom stereocenters. The van der Waals surface area contributed by atoms with Crippen LogP contribution in [-0.2, 0) is 9.59 Å². The number of benzene rings is 1. The summed E-state index contributed by atoms with van der Waals surface area (Å²) >= 11 is 1.36. The number of Topliss-reactive ketones (excluding diaryl/α,β-unsaturated/α-hetero) is 1. The first-order valence-corrected chi connectivity index (χ1v) is 10.7. The summed E-state index contributed by atoms with van der Waals surface area (Å²) in [5.74, 6) is 0.519. The predicted octanol–water partition coefficient (Wildman–Crippen LogP) is 4.36. The van der Waals surface area contributed by atoms with Gasteiger partial charge in [-0.3, -0.25) is 9.59 Å². The lowest BCUT2D eigenvalue weighted by Gasteiger charge is -2.33. The van der Waals surface area contributed by atoms with Crippen molar-refractivity contribution in [3.8, 4) is 0 Å². The summed E-state index contributed by atoms with van der Waals surface area (Å²) in [7, 11) is 0. The predicted molar refractivity (Wildman–Crippen MR) is 115 cm³/mol. The maximum atomic E-state index is 13.1. The minimum absolute atomic E-state index is 0.0493. The summed E-state index contributed by atoms with van der Waals surface area (Å²) in [5.41, 5.74) is 3.29. The van der Waals surface area contributed by atoms with Gasteiger partial charge in [0.05, 0.1) is 24.2 Å². The Morgan fingerprint density at radius 1 is 1.27 bits per heavy atom. The van der Waals surface area contributed by atoms with Crippen molar-refractivity contribution < 1.29 is 14.0 Å². The van der Waals surface area contributed by atoms with Crippen molar-refractivity contribution in [1.82, 2.24) is 4.98 Å². The minimum atomic E-state index is -0.485. The topological polar surface area (TPSA) is 87.5 Å². The molecule has 7 nitrogen and oxygen atoms in total. The van der Waals surface area contributed by atoms with Gasteiger partial charge >= 0.3 is 0 Å². The van der Waals surface area contributed by atoms with Crippen LogP contribution < -0.4 is 15.5 Å². The smallest absolute Gasteiger partial charge is 0.245 e. The molecule has 152 valence electrons. The molecule has 1 aliphatic carbocycles. The summed E-state index contributed by atoms with van der Waals surface area (Å²) in [6.45, 7) is 0.0493. The molecular weight excluding hydrogens is 400 g/mol. The normalized spacial score (nSPS) is 18.3. The van der Waals surface area contributed by atoms with Crippen LogP contribution in [0.5, 0.6) is 0 Å². The number of carbonyl (C=O) groups excluding carboxylic acids is 2. The number of amides is 1. The van der Waals surface area contributed by atoms with Gasteiger partial charge in [-0.2, -0.15) is 0 Å². The van der Waals surface area contributed by atoms with Gasteiger partial charge in [-0.05, 0) is 37.1 Å². The highest BCUT2D eigenvalue weighted by molar-refractivity contribution is 7.13. The lowest BCUT2D eigenvalue weighted by Crippen LogP contribution is -2.38. The van der Waals surface area contributed by atoms with Crippen LogP contribution in [-0.4, -0.2) is 23.2 Å². The van der Waals surface area contributed by atoms with Crippen LogP contribution in [0.4, 0.5) is 16.5 Å². The average molecular weight is 420 g/mol. The number of hydrogen-bond acceptors (Lipinski definition) is 7. The van der Waals surface area contributed by atoms with Crippen molar-refractivity contribution in [2.45, 2.75) is 25.3 Å². The van der Waals surface area contributed by atoms with Gasteiger partial charge in [0, 0.05) is 29.3 Å². The molecule has 0 fully saturated rings. The van der Waals surface area contributed by atoms with Gasteiger partial charge in [-0.25, -0.2) is 4.98 Å². The fourth-order valence-electron chi connectivity index (χ4n) is 4.12. The largest absolute Gasteiger partial charge is 0.467 e. The molecule has 0 saturated heterocycles. The maximum Gasteiger partial charge on any atom is 0.245 e. The zero-order chi connectivity index (χ0) is 20.5. The van der Waals surface area contributed by atoms with Crippen LogP contribution in [0.3, 0.4) is 0 Å². The van der Waals surface area contributed by atoms with E-state index in [1.165, 1.54) is 11.3 Å². The Morgan fingerprint density at radius 3 is 2.97 bits per heavy atom. The molecule has 1 atom stereocenters. The first kappa shape index (κ1) is 18.6. The highest BCUT2D eigenvalue weighted by Crippen LogP contribution is 2.44. The molecule has 5 rings (SSSR count). The van der Waals surface area contributed by atoms with E-state index in [0.29, 0.717) is 22.9 Å². The Balaban J connectivity index is 1.61. The number of aromatic nitrogens is 1. The Morgan fingerprint density at radius 2 is 2.17 bits per heavy atom. The van der Waals surface area contributed by atoms with Gasteiger partial charge in [-0.15, -0.1) is 11.3 Å². The molecule has 1 amide bonds. The molecule has 8 heteroatoms. The molecular formula is C22H20N4O3S. The number of para-hydroxylation sites is 2. The summed E-state index contributed by atoms with van der Waals surface area (Å²) < 4.78 is 5.76. The lowest BCUT2D eigenvalue weighted by atomic mass is 9.88. The molecule has 0 saturated carbocycles. The van der Waals surface area contributed by atoms with Crippen molar-refractivity contribution in [2.75, 3.05) is 22.1 Å². The minimum Gasteiger partial charge on any atom is -0.467 e. The average Bonchev–Trinajstić information content (AvgIpc) is 3.42. The first-order chi connectivity index (χ1) is 14.7. The second kappa shape index (κ2) is 7.79. The highest BCUT2D eigenvalue weighted by Gasteiger charge is 2.38. The quantitative estimate of drug-likeness (QED) is 0.652. The highest BCUT2D eigenvalue weighted by atomic mass is 32.1. The molecule has 3 aromatic rings. The van der Waals surface area contributed by atoms with E-state index in [1.807, 2.05) is 40.6 Å².